The van der Waals surface area contributed by atoms with Crippen molar-refractivity contribution in [2.75, 3.05) is 24.9 Å². The minimum Gasteiger partial charge on any atom is -0.350 e. The van der Waals surface area contributed by atoms with Crippen LogP contribution in [0.1, 0.15) is 31.9 Å². The maximum Gasteiger partial charge on any atom is 0.304 e. The molecule has 3 rings (SSSR count). The molecule has 220 valence electrons. The molecule has 3 aromatic rings. The van der Waals surface area contributed by atoms with Crippen molar-refractivity contribution in [1.29, 1.82) is 0 Å². The quantitative estimate of drug-likeness (QED) is 0.325. The van der Waals surface area contributed by atoms with Crippen LogP contribution in [0.4, 0.5) is 10.1 Å². The number of benzene rings is 3. The Hall–Kier alpha value is -3.28. The van der Waals surface area contributed by atoms with Crippen LogP contribution in [0.15, 0.2) is 83.3 Å². The standard InChI is InChI=1S/C30H36BrFN4O4S/c1-30(2,3)33-29(38)27(19-22-9-7-6-8-10-22)35(20-23-11-13-24(31)14-12-23)28(37)21-36(41(39,40)34(4)5)26-17-15-25(32)16-18-26/h6-18,27H,19-21H2,1-5H3,(H,33,38)/t27-/m0/s1. The Morgan fingerprint density at radius 2 is 1.49 bits per heavy atom. The minimum atomic E-state index is -4.16. The van der Waals surface area contributed by atoms with E-state index < -0.39 is 40.1 Å². The highest BCUT2D eigenvalue weighted by Crippen LogP contribution is 2.23. The number of carbonyl (C=O) groups is 2. The summed E-state index contributed by atoms with van der Waals surface area (Å²) in [6, 6.07) is 20.6. The molecule has 0 aliphatic rings. The number of rotatable bonds is 11. The van der Waals surface area contributed by atoms with Gasteiger partial charge in [-0.25, -0.2) is 8.70 Å². The molecule has 8 nitrogen and oxygen atoms in total. The highest BCUT2D eigenvalue weighted by atomic mass is 79.9. The molecule has 0 aliphatic heterocycles. The Morgan fingerprint density at radius 3 is 2.02 bits per heavy atom. The molecule has 0 aliphatic carbocycles. The van der Waals surface area contributed by atoms with E-state index in [1.807, 2.05) is 75.4 Å². The van der Waals surface area contributed by atoms with Crippen LogP contribution in [-0.2, 0) is 32.8 Å². The van der Waals surface area contributed by atoms with E-state index in [0.29, 0.717) is 0 Å². The molecule has 2 amide bonds. The molecule has 0 unspecified atom stereocenters. The number of halogens is 2. The second kappa shape index (κ2) is 13.6. The monoisotopic (exact) mass is 646 g/mol. The maximum absolute atomic E-state index is 14.2. The van der Waals surface area contributed by atoms with Crippen LogP contribution in [0.3, 0.4) is 0 Å². The van der Waals surface area contributed by atoms with Crippen molar-refractivity contribution in [3.05, 3.63) is 100 Å². The van der Waals surface area contributed by atoms with Gasteiger partial charge in [-0.15, -0.1) is 0 Å². The zero-order valence-electron chi connectivity index (χ0n) is 23.8. The average molecular weight is 648 g/mol. The second-order valence-electron chi connectivity index (χ2n) is 10.9. The van der Waals surface area contributed by atoms with E-state index in [0.717, 1.165) is 36.3 Å². The molecule has 0 saturated heterocycles. The predicted octanol–water partition coefficient (Wildman–Crippen LogP) is 4.76. The second-order valence-corrected chi connectivity index (χ2v) is 13.8. The van der Waals surface area contributed by atoms with Gasteiger partial charge in [-0.3, -0.25) is 9.59 Å². The number of carbonyl (C=O) groups excluding carboxylic acids is 2. The fraction of sp³-hybridized carbons (Fsp3) is 0.333. The van der Waals surface area contributed by atoms with E-state index >= 15 is 0 Å². The lowest BCUT2D eigenvalue weighted by molar-refractivity contribution is -0.140. The molecule has 0 heterocycles. The first-order chi connectivity index (χ1) is 19.2. The van der Waals surface area contributed by atoms with Crippen LogP contribution < -0.4 is 9.62 Å². The first-order valence-electron chi connectivity index (χ1n) is 13.0. The molecule has 11 heteroatoms. The molecular formula is C30H36BrFN4O4S. The summed E-state index contributed by atoms with van der Waals surface area (Å²) in [6.07, 6.45) is 0.210. The SMILES string of the molecule is CN(C)S(=O)(=O)N(CC(=O)N(Cc1ccc(Br)cc1)[C@@H](Cc1ccccc1)C(=O)NC(C)(C)C)c1ccc(F)cc1. The fourth-order valence-corrected chi connectivity index (χ4v) is 5.44. The van der Waals surface area contributed by atoms with E-state index in [1.165, 1.54) is 31.1 Å². The number of hydrogen-bond acceptors (Lipinski definition) is 4. The van der Waals surface area contributed by atoms with Gasteiger partial charge in [0.15, 0.2) is 0 Å². The van der Waals surface area contributed by atoms with Crippen molar-refractivity contribution in [1.82, 2.24) is 14.5 Å². The first kappa shape index (κ1) is 32.2. The van der Waals surface area contributed by atoms with Gasteiger partial charge in [0.05, 0.1) is 5.69 Å². The predicted molar refractivity (Wildman–Crippen MR) is 163 cm³/mol. The largest absolute Gasteiger partial charge is 0.350 e. The van der Waals surface area contributed by atoms with E-state index in [1.54, 1.807) is 0 Å². The topological polar surface area (TPSA) is 90.0 Å². The third-order valence-electron chi connectivity index (χ3n) is 6.17. The van der Waals surface area contributed by atoms with Crippen LogP contribution in [0.5, 0.6) is 0 Å². The Balaban J connectivity index is 2.10. The molecule has 3 aromatic carbocycles. The smallest absolute Gasteiger partial charge is 0.304 e. The number of nitrogens with one attached hydrogen (secondary N) is 1. The summed E-state index contributed by atoms with van der Waals surface area (Å²) in [7, 11) is -1.45. The van der Waals surface area contributed by atoms with Gasteiger partial charge in [0.1, 0.15) is 18.4 Å². The van der Waals surface area contributed by atoms with Gasteiger partial charge in [-0.2, -0.15) is 12.7 Å². The van der Waals surface area contributed by atoms with Crippen molar-refractivity contribution >= 4 is 43.6 Å². The molecule has 0 bridgehead atoms. The van der Waals surface area contributed by atoms with Gasteiger partial charge in [-0.1, -0.05) is 58.4 Å². The van der Waals surface area contributed by atoms with Crippen LogP contribution in [-0.4, -0.2) is 61.7 Å². The lowest BCUT2D eigenvalue weighted by atomic mass is 10.0. The van der Waals surface area contributed by atoms with Crippen molar-refractivity contribution in [3.8, 4) is 0 Å². The average Bonchev–Trinajstić information content (AvgIpc) is 2.90. The zero-order chi connectivity index (χ0) is 30.4. The fourth-order valence-electron chi connectivity index (χ4n) is 4.12. The summed E-state index contributed by atoms with van der Waals surface area (Å²) in [6.45, 7) is 5.01. The summed E-state index contributed by atoms with van der Waals surface area (Å²) in [5, 5.41) is 2.99. The number of amides is 2. The molecular weight excluding hydrogens is 611 g/mol. The third kappa shape index (κ3) is 9.11. The number of anilines is 1. The number of nitrogens with zero attached hydrogens (tertiary/aromatic N) is 3. The lowest BCUT2D eigenvalue weighted by Gasteiger charge is -2.35. The van der Waals surface area contributed by atoms with E-state index in [4.69, 9.17) is 0 Å². The zero-order valence-corrected chi connectivity index (χ0v) is 26.2. The van der Waals surface area contributed by atoms with Crippen LogP contribution in [0, 0.1) is 5.82 Å². The normalized spacial score (nSPS) is 12.6. The molecule has 0 fully saturated rings. The van der Waals surface area contributed by atoms with Crippen LogP contribution in [0.2, 0.25) is 0 Å². The maximum atomic E-state index is 14.2. The van der Waals surface area contributed by atoms with E-state index in [2.05, 4.69) is 21.2 Å². The number of hydrogen-bond donors (Lipinski definition) is 1. The molecule has 0 radical (unpaired) electrons. The molecule has 0 spiro atoms. The lowest BCUT2D eigenvalue weighted by Crippen LogP contribution is -2.56. The minimum absolute atomic E-state index is 0.0560. The van der Waals surface area contributed by atoms with Gasteiger partial charge in [0, 0.05) is 37.1 Å². The summed E-state index contributed by atoms with van der Waals surface area (Å²) >= 11 is 3.42. The first-order valence-corrected chi connectivity index (χ1v) is 15.2. The summed E-state index contributed by atoms with van der Waals surface area (Å²) < 4.78 is 43.2. The van der Waals surface area contributed by atoms with Crippen LogP contribution >= 0.6 is 15.9 Å². The molecule has 1 N–H and O–H groups in total. The Kier molecular flexibility index (Phi) is 10.7. The van der Waals surface area contributed by atoms with Crippen molar-refractivity contribution < 1.29 is 22.4 Å². The van der Waals surface area contributed by atoms with Crippen molar-refractivity contribution in [2.24, 2.45) is 0 Å². The Labute approximate surface area is 250 Å². The molecule has 0 aromatic heterocycles. The Bertz CT molecular complexity index is 1430. The van der Waals surface area contributed by atoms with Gasteiger partial charge >= 0.3 is 10.2 Å². The molecule has 41 heavy (non-hydrogen) atoms. The summed E-state index contributed by atoms with van der Waals surface area (Å²) in [5.74, 6) is -1.50. The summed E-state index contributed by atoms with van der Waals surface area (Å²) in [4.78, 5) is 29.3. The van der Waals surface area contributed by atoms with Crippen LogP contribution in [0.25, 0.3) is 0 Å². The van der Waals surface area contributed by atoms with E-state index in [-0.39, 0.29) is 24.6 Å². The Morgan fingerprint density at radius 1 is 0.902 bits per heavy atom. The van der Waals surface area contributed by atoms with Crippen molar-refractivity contribution in [2.45, 2.75) is 45.3 Å². The summed E-state index contributed by atoms with van der Waals surface area (Å²) in [5.41, 5.74) is 1.14. The van der Waals surface area contributed by atoms with Crippen molar-refractivity contribution in [3.63, 3.8) is 0 Å². The van der Waals surface area contributed by atoms with Gasteiger partial charge in [-0.05, 0) is 68.3 Å². The third-order valence-corrected chi connectivity index (χ3v) is 8.52. The van der Waals surface area contributed by atoms with E-state index in [9.17, 15) is 22.4 Å². The highest BCUT2D eigenvalue weighted by Gasteiger charge is 2.35. The highest BCUT2D eigenvalue weighted by molar-refractivity contribution is 9.10. The molecule has 0 saturated carbocycles. The van der Waals surface area contributed by atoms with Gasteiger partial charge in [0.2, 0.25) is 11.8 Å². The molecule has 1 atom stereocenters. The van der Waals surface area contributed by atoms with Gasteiger partial charge in [0.25, 0.3) is 0 Å². The van der Waals surface area contributed by atoms with Gasteiger partial charge < -0.3 is 10.2 Å².